The van der Waals surface area contributed by atoms with Crippen LogP contribution in [0.15, 0.2) is 47.6 Å². The van der Waals surface area contributed by atoms with Crippen molar-refractivity contribution in [3.8, 4) is 22.9 Å². The van der Waals surface area contributed by atoms with Crippen LogP contribution in [0.2, 0.25) is 0 Å². The van der Waals surface area contributed by atoms with E-state index in [1.807, 2.05) is 25.1 Å². The molecule has 0 amide bonds. The van der Waals surface area contributed by atoms with Crippen LogP contribution in [0.1, 0.15) is 29.0 Å². The first-order valence-electron chi connectivity index (χ1n) is 8.82. The first-order chi connectivity index (χ1) is 13.6. The van der Waals surface area contributed by atoms with E-state index in [0.717, 1.165) is 5.56 Å². The molecule has 1 aliphatic rings. The summed E-state index contributed by atoms with van der Waals surface area (Å²) in [6, 6.07) is 11.6. The van der Waals surface area contributed by atoms with E-state index in [-0.39, 0.29) is 17.0 Å². The molecule has 1 aliphatic heterocycles. The van der Waals surface area contributed by atoms with Gasteiger partial charge in [0.1, 0.15) is 5.82 Å². The summed E-state index contributed by atoms with van der Waals surface area (Å²) < 4.78 is 25.4. The van der Waals surface area contributed by atoms with Crippen LogP contribution in [-0.2, 0) is 0 Å². The molecule has 0 saturated heterocycles. The number of rotatable bonds is 5. The van der Waals surface area contributed by atoms with Gasteiger partial charge >= 0.3 is 0 Å². The number of carbonyl (C=O) groups is 1. The van der Waals surface area contributed by atoms with E-state index in [2.05, 4.69) is 10.1 Å². The highest BCUT2D eigenvalue weighted by Crippen LogP contribution is 2.43. The van der Waals surface area contributed by atoms with E-state index in [0.29, 0.717) is 41.1 Å². The minimum Gasteiger partial charge on any atom is -0.493 e. The second kappa shape index (κ2) is 7.63. The van der Waals surface area contributed by atoms with Crippen LogP contribution >= 0.6 is 11.8 Å². The number of halogens is 1. The Kier molecular flexibility index (Phi) is 5.04. The van der Waals surface area contributed by atoms with Crippen molar-refractivity contribution >= 4 is 17.7 Å². The van der Waals surface area contributed by atoms with E-state index in [1.165, 1.54) is 28.6 Å². The molecule has 1 atom stereocenters. The lowest BCUT2D eigenvalue weighted by atomic mass is 10.1. The number of fused-ring (bicyclic) bond motifs is 1. The van der Waals surface area contributed by atoms with E-state index >= 15 is 0 Å². The van der Waals surface area contributed by atoms with E-state index in [4.69, 9.17) is 9.47 Å². The topological polar surface area (TPSA) is 66.2 Å². The lowest BCUT2D eigenvalue weighted by Gasteiger charge is -2.21. The molecular weight excluding hydrogens is 381 g/mol. The predicted octanol–water partition coefficient (Wildman–Crippen LogP) is 4.37. The third-order valence-electron chi connectivity index (χ3n) is 4.38. The van der Waals surface area contributed by atoms with Crippen molar-refractivity contribution in [3.05, 3.63) is 53.8 Å². The molecule has 0 saturated carbocycles. The zero-order chi connectivity index (χ0) is 19.7. The van der Waals surface area contributed by atoms with Gasteiger partial charge in [0.05, 0.1) is 13.7 Å². The summed E-state index contributed by atoms with van der Waals surface area (Å²) in [6.07, 6.45) is 0.293. The Bertz CT molecular complexity index is 1020. The molecule has 2 heterocycles. The minimum atomic E-state index is -0.331. The molecule has 8 heteroatoms. The lowest BCUT2D eigenvalue weighted by molar-refractivity contribution is 0.0868. The SMILES string of the molecule is CCOc1ccc(C2CC(=O)n3nc(-c4ccc(F)cc4)nc3S2)cc1OC. The summed E-state index contributed by atoms with van der Waals surface area (Å²) in [7, 11) is 1.59. The first kappa shape index (κ1) is 18.5. The Balaban J connectivity index is 1.63. The van der Waals surface area contributed by atoms with Gasteiger partial charge in [-0.3, -0.25) is 4.79 Å². The summed E-state index contributed by atoms with van der Waals surface area (Å²) in [4.78, 5) is 17.1. The number of benzene rings is 2. The third kappa shape index (κ3) is 3.47. The Labute approximate surface area is 165 Å². The number of nitrogens with zero attached hydrogens (tertiary/aromatic N) is 3. The maximum atomic E-state index is 13.1. The molecule has 1 aromatic heterocycles. The Morgan fingerprint density at radius 3 is 2.71 bits per heavy atom. The molecule has 0 N–H and O–H groups in total. The van der Waals surface area contributed by atoms with Crippen molar-refractivity contribution in [3.63, 3.8) is 0 Å². The standard InChI is InChI=1S/C20H18FN3O3S/c1-3-27-15-9-6-13(10-16(15)26-2)17-11-18(25)24-20(28-17)22-19(23-24)12-4-7-14(21)8-5-12/h4-10,17H,3,11H2,1-2H3. The van der Waals surface area contributed by atoms with Gasteiger partial charge in [0, 0.05) is 17.2 Å². The summed E-state index contributed by atoms with van der Waals surface area (Å²) in [5.74, 6) is 1.24. The largest absolute Gasteiger partial charge is 0.493 e. The van der Waals surface area contributed by atoms with E-state index in [1.54, 1.807) is 19.2 Å². The van der Waals surface area contributed by atoms with Gasteiger partial charge in [0.15, 0.2) is 22.5 Å². The van der Waals surface area contributed by atoms with Gasteiger partial charge in [-0.05, 0) is 48.9 Å². The molecule has 4 rings (SSSR count). The Hall–Kier alpha value is -2.87. The van der Waals surface area contributed by atoms with Crippen molar-refractivity contribution in [2.45, 2.75) is 23.8 Å². The Morgan fingerprint density at radius 1 is 1.21 bits per heavy atom. The third-order valence-corrected chi connectivity index (χ3v) is 5.58. The van der Waals surface area contributed by atoms with Crippen molar-refractivity contribution in [1.82, 2.24) is 14.8 Å². The van der Waals surface area contributed by atoms with Crippen molar-refractivity contribution in [2.75, 3.05) is 13.7 Å². The number of thioether (sulfide) groups is 1. The van der Waals surface area contributed by atoms with E-state index in [9.17, 15) is 9.18 Å². The maximum Gasteiger partial charge on any atom is 0.250 e. The van der Waals surface area contributed by atoms with Crippen LogP contribution in [0.4, 0.5) is 4.39 Å². The average Bonchev–Trinajstić information content (AvgIpc) is 3.14. The van der Waals surface area contributed by atoms with Gasteiger partial charge in [-0.15, -0.1) is 5.10 Å². The second-order valence-electron chi connectivity index (χ2n) is 6.18. The molecule has 0 spiro atoms. The highest BCUT2D eigenvalue weighted by molar-refractivity contribution is 7.99. The van der Waals surface area contributed by atoms with Crippen LogP contribution in [-0.4, -0.2) is 34.4 Å². The summed E-state index contributed by atoms with van der Waals surface area (Å²) >= 11 is 1.47. The smallest absolute Gasteiger partial charge is 0.250 e. The molecule has 144 valence electrons. The number of methoxy groups -OCH3 is 1. The van der Waals surface area contributed by atoms with Gasteiger partial charge in [0.2, 0.25) is 0 Å². The molecular formula is C20H18FN3O3S. The summed E-state index contributed by atoms with van der Waals surface area (Å²) in [5, 5.41) is 4.72. The summed E-state index contributed by atoms with van der Waals surface area (Å²) in [5.41, 5.74) is 1.62. The van der Waals surface area contributed by atoms with E-state index < -0.39 is 0 Å². The highest BCUT2D eigenvalue weighted by atomic mass is 32.2. The molecule has 0 aliphatic carbocycles. The van der Waals surface area contributed by atoms with Crippen LogP contribution < -0.4 is 9.47 Å². The second-order valence-corrected chi connectivity index (χ2v) is 7.35. The van der Waals surface area contributed by atoms with Gasteiger partial charge in [0.25, 0.3) is 5.91 Å². The van der Waals surface area contributed by atoms with Crippen LogP contribution in [0.3, 0.4) is 0 Å². The quantitative estimate of drug-likeness (QED) is 0.635. The summed E-state index contributed by atoms with van der Waals surface area (Å²) in [6.45, 7) is 2.45. The molecule has 2 aromatic carbocycles. The highest BCUT2D eigenvalue weighted by Gasteiger charge is 2.30. The fraction of sp³-hybridized carbons (Fsp3) is 0.250. The number of hydrogen-bond donors (Lipinski definition) is 0. The first-order valence-corrected chi connectivity index (χ1v) is 9.70. The molecule has 3 aromatic rings. The van der Waals surface area contributed by atoms with Gasteiger partial charge in [-0.1, -0.05) is 17.8 Å². The normalized spacial score (nSPS) is 16.0. The molecule has 28 heavy (non-hydrogen) atoms. The van der Waals surface area contributed by atoms with Crippen molar-refractivity contribution in [2.24, 2.45) is 0 Å². The minimum absolute atomic E-state index is 0.102. The van der Waals surface area contributed by atoms with Crippen molar-refractivity contribution in [1.29, 1.82) is 0 Å². The number of aromatic nitrogens is 3. The van der Waals surface area contributed by atoms with Gasteiger partial charge in [-0.2, -0.15) is 4.68 Å². The molecule has 1 unspecified atom stereocenters. The number of ether oxygens (including phenoxy) is 2. The molecule has 0 bridgehead atoms. The zero-order valence-corrected chi connectivity index (χ0v) is 16.2. The Morgan fingerprint density at radius 2 is 2.00 bits per heavy atom. The van der Waals surface area contributed by atoms with Crippen LogP contribution in [0.5, 0.6) is 11.5 Å². The molecule has 0 fully saturated rings. The maximum absolute atomic E-state index is 13.1. The zero-order valence-electron chi connectivity index (χ0n) is 15.4. The van der Waals surface area contributed by atoms with Gasteiger partial charge < -0.3 is 9.47 Å². The van der Waals surface area contributed by atoms with Crippen molar-refractivity contribution < 1.29 is 18.7 Å². The number of hydrogen-bond acceptors (Lipinski definition) is 6. The van der Waals surface area contributed by atoms with Crippen LogP contribution in [0.25, 0.3) is 11.4 Å². The average molecular weight is 399 g/mol. The van der Waals surface area contributed by atoms with Gasteiger partial charge in [-0.25, -0.2) is 9.37 Å². The monoisotopic (exact) mass is 399 g/mol. The number of carbonyl (C=O) groups excluding carboxylic acids is 1. The lowest BCUT2D eigenvalue weighted by Crippen LogP contribution is -2.21. The molecule has 0 radical (unpaired) electrons. The molecule has 6 nitrogen and oxygen atoms in total. The van der Waals surface area contributed by atoms with Crippen LogP contribution in [0, 0.1) is 5.82 Å². The fourth-order valence-corrected chi connectivity index (χ4v) is 4.16. The fourth-order valence-electron chi connectivity index (χ4n) is 3.02. The predicted molar refractivity (Wildman–Crippen MR) is 103 cm³/mol.